The molecule has 1 heterocycles. The quantitative estimate of drug-likeness (QED) is 0.836. The lowest BCUT2D eigenvalue weighted by Crippen LogP contribution is -2.37. The van der Waals surface area contributed by atoms with Crippen molar-refractivity contribution in [1.82, 2.24) is 9.78 Å². The molecule has 1 aliphatic carbocycles. The summed E-state index contributed by atoms with van der Waals surface area (Å²) in [6.07, 6.45) is 1.57. The smallest absolute Gasteiger partial charge is 0.248 e. The lowest BCUT2D eigenvalue weighted by Gasteiger charge is -2.35. The fourth-order valence-corrected chi connectivity index (χ4v) is 3.13. The predicted octanol–water partition coefficient (Wildman–Crippen LogP) is 4.25. The van der Waals surface area contributed by atoms with E-state index < -0.39 is 5.92 Å². The van der Waals surface area contributed by atoms with Crippen molar-refractivity contribution in [3.63, 3.8) is 0 Å². The third kappa shape index (κ3) is 2.81. The van der Waals surface area contributed by atoms with Crippen molar-refractivity contribution >= 4 is 21.6 Å². The topological polar surface area (TPSA) is 43.8 Å². The molecule has 3 rings (SSSR count). The molecule has 1 fully saturated rings. The largest absolute Gasteiger partial charge is 0.398 e. The molecule has 1 saturated carbocycles. The molecule has 0 unspecified atom stereocenters. The zero-order chi connectivity index (χ0) is 15.2. The Balaban J connectivity index is 1.87. The van der Waals surface area contributed by atoms with E-state index in [4.69, 9.17) is 5.73 Å². The van der Waals surface area contributed by atoms with Gasteiger partial charge < -0.3 is 5.73 Å². The first-order valence-corrected chi connectivity index (χ1v) is 7.61. The van der Waals surface area contributed by atoms with E-state index in [9.17, 15) is 8.78 Å². The molecule has 1 aliphatic rings. The second kappa shape index (κ2) is 5.09. The van der Waals surface area contributed by atoms with Gasteiger partial charge in [-0.25, -0.2) is 8.78 Å². The summed E-state index contributed by atoms with van der Waals surface area (Å²) < 4.78 is 28.6. The van der Waals surface area contributed by atoms with Crippen LogP contribution in [0.5, 0.6) is 0 Å². The zero-order valence-electron chi connectivity index (χ0n) is 11.6. The fraction of sp³-hybridized carbons (Fsp3) is 0.400. The number of anilines is 1. The lowest BCUT2D eigenvalue weighted by molar-refractivity contribution is -0.114. The first-order valence-electron chi connectivity index (χ1n) is 6.81. The number of nitrogens with zero attached hydrogens (tertiary/aromatic N) is 2. The van der Waals surface area contributed by atoms with Crippen LogP contribution in [0.1, 0.15) is 18.4 Å². The third-order valence-electron chi connectivity index (χ3n) is 3.93. The van der Waals surface area contributed by atoms with E-state index in [1.165, 1.54) is 0 Å². The summed E-state index contributed by atoms with van der Waals surface area (Å²) in [4.78, 5) is 0. The molecule has 112 valence electrons. The highest BCUT2D eigenvalue weighted by molar-refractivity contribution is 9.10. The van der Waals surface area contributed by atoms with Crippen molar-refractivity contribution in [2.24, 2.45) is 5.92 Å². The van der Waals surface area contributed by atoms with E-state index in [0.29, 0.717) is 12.2 Å². The molecule has 21 heavy (non-hydrogen) atoms. The molecule has 0 radical (unpaired) electrons. The lowest BCUT2D eigenvalue weighted by atomic mass is 9.81. The van der Waals surface area contributed by atoms with Gasteiger partial charge in [-0.05, 0) is 36.6 Å². The summed E-state index contributed by atoms with van der Waals surface area (Å²) in [5, 5.41) is 4.26. The number of hydrogen-bond donors (Lipinski definition) is 1. The second-order valence-corrected chi connectivity index (χ2v) is 6.57. The Bertz CT molecular complexity index is 674. The van der Waals surface area contributed by atoms with Crippen molar-refractivity contribution < 1.29 is 8.78 Å². The highest BCUT2D eigenvalue weighted by Crippen LogP contribution is 2.43. The third-order valence-corrected chi connectivity index (χ3v) is 4.78. The minimum atomic E-state index is -2.50. The van der Waals surface area contributed by atoms with Crippen LogP contribution in [0.2, 0.25) is 0 Å². The zero-order valence-corrected chi connectivity index (χ0v) is 13.2. The van der Waals surface area contributed by atoms with Crippen molar-refractivity contribution in [3.8, 4) is 11.3 Å². The van der Waals surface area contributed by atoms with Gasteiger partial charge in [-0.2, -0.15) is 5.10 Å². The number of alkyl halides is 2. The van der Waals surface area contributed by atoms with Crippen LogP contribution < -0.4 is 5.73 Å². The van der Waals surface area contributed by atoms with Crippen LogP contribution in [-0.4, -0.2) is 15.7 Å². The predicted molar refractivity (Wildman–Crippen MR) is 82.2 cm³/mol. The van der Waals surface area contributed by atoms with Gasteiger partial charge in [-0.1, -0.05) is 15.9 Å². The molecule has 3 nitrogen and oxygen atoms in total. The molecule has 0 amide bonds. The minimum absolute atomic E-state index is 0.0197. The summed E-state index contributed by atoms with van der Waals surface area (Å²) in [6.45, 7) is 2.47. The van der Waals surface area contributed by atoms with E-state index >= 15 is 0 Å². The average Bonchev–Trinajstić information content (AvgIpc) is 2.79. The Labute approximate surface area is 130 Å². The van der Waals surface area contributed by atoms with Crippen LogP contribution >= 0.6 is 15.9 Å². The standard InChI is InChI=1S/C15H16BrF2N3/c1-9-4-13(19)11(5-12(9)16)14-2-3-20-21(14)8-10-6-15(17,18)7-10/h2-5,10H,6-8,19H2,1H3. The molecule has 0 spiro atoms. The summed E-state index contributed by atoms with van der Waals surface area (Å²) >= 11 is 3.50. The number of nitrogens with two attached hydrogens (primary N) is 1. The summed E-state index contributed by atoms with van der Waals surface area (Å²) in [7, 11) is 0. The van der Waals surface area contributed by atoms with Gasteiger partial charge in [0.25, 0.3) is 0 Å². The van der Waals surface area contributed by atoms with Crippen LogP contribution in [-0.2, 0) is 6.54 Å². The first kappa shape index (κ1) is 14.5. The van der Waals surface area contributed by atoms with E-state index in [0.717, 1.165) is 21.3 Å². The normalized spacial score (nSPS) is 17.7. The Kier molecular flexibility index (Phi) is 3.51. The number of halogens is 3. The molecule has 0 bridgehead atoms. The highest BCUT2D eigenvalue weighted by atomic mass is 79.9. The first-order chi connectivity index (χ1) is 9.85. The second-order valence-electron chi connectivity index (χ2n) is 5.72. The van der Waals surface area contributed by atoms with Crippen LogP contribution in [0.4, 0.5) is 14.5 Å². The van der Waals surface area contributed by atoms with Crippen LogP contribution in [0, 0.1) is 12.8 Å². The molecule has 1 aromatic heterocycles. The Morgan fingerprint density at radius 2 is 2.14 bits per heavy atom. The summed E-state index contributed by atoms with van der Waals surface area (Å²) in [5.41, 5.74) is 9.54. The minimum Gasteiger partial charge on any atom is -0.398 e. The monoisotopic (exact) mass is 355 g/mol. The molecule has 0 aliphatic heterocycles. The van der Waals surface area contributed by atoms with Crippen molar-refractivity contribution in [1.29, 1.82) is 0 Å². The van der Waals surface area contributed by atoms with Crippen LogP contribution in [0.15, 0.2) is 28.9 Å². The highest BCUT2D eigenvalue weighted by Gasteiger charge is 2.45. The molecule has 2 aromatic rings. The number of nitrogen functional groups attached to an aromatic ring is 1. The number of aryl methyl sites for hydroxylation is 1. The van der Waals surface area contributed by atoms with Crippen molar-refractivity contribution in [2.45, 2.75) is 32.2 Å². The maximum Gasteiger partial charge on any atom is 0.248 e. The Hall–Kier alpha value is -1.43. The molecule has 0 atom stereocenters. The van der Waals surface area contributed by atoms with Gasteiger partial charge in [0, 0.05) is 41.3 Å². The number of rotatable bonds is 3. The van der Waals surface area contributed by atoms with Crippen molar-refractivity contribution in [3.05, 3.63) is 34.4 Å². The number of hydrogen-bond acceptors (Lipinski definition) is 2. The van der Waals surface area contributed by atoms with Gasteiger partial charge >= 0.3 is 0 Å². The summed E-state index contributed by atoms with van der Waals surface area (Å²) in [6, 6.07) is 5.71. The maximum atomic E-state index is 12.9. The fourth-order valence-electron chi connectivity index (χ4n) is 2.79. The van der Waals surface area contributed by atoms with Gasteiger partial charge in [0.1, 0.15) is 0 Å². The maximum absolute atomic E-state index is 12.9. The SMILES string of the molecule is Cc1cc(N)c(-c2ccnn2CC2CC(F)(F)C2)cc1Br. The number of aromatic nitrogens is 2. The van der Waals surface area contributed by atoms with Gasteiger partial charge in [0.2, 0.25) is 5.92 Å². The van der Waals surface area contributed by atoms with Crippen molar-refractivity contribution in [2.75, 3.05) is 5.73 Å². The Morgan fingerprint density at radius 1 is 1.43 bits per heavy atom. The molecular formula is C15H16BrF2N3. The number of benzene rings is 1. The van der Waals surface area contributed by atoms with Gasteiger partial charge in [-0.15, -0.1) is 0 Å². The molecule has 1 aromatic carbocycles. The van der Waals surface area contributed by atoms with Crippen LogP contribution in [0.25, 0.3) is 11.3 Å². The van der Waals surface area contributed by atoms with Gasteiger partial charge in [-0.3, -0.25) is 4.68 Å². The average molecular weight is 356 g/mol. The molecule has 6 heteroatoms. The molecule has 2 N–H and O–H groups in total. The Morgan fingerprint density at radius 3 is 2.81 bits per heavy atom. The van der Waals surface area contributed by atoms with Gasteiger partial charge in [0.15, 0.2) is 0 Å². The van der Waals surface area contributed by atoms with Gasteiger partial charge in [0.05, 0.1) is 5.69 Å². The summed E-state index contributed by atoms with van der Waals surface area (Å²) in [5.74, 6) is -2.52. The van der Waals surface area contributed by atoms with E-state index in [1.807, 2.05) is 25.1 Å². The van der Waals surface area contributed by atoms with E-state index in [2.05, 4.69) is 21.0 Å². The van der Waals surface area contributed by atoms with Crippen LogP contribution in [0.3, 0.4) is 0 Å². The molecular weight excluding hydrogens is 340 g/mol. The van der Waals surface area contributed by atoms with E-state index in [1.54, 1.807) is 10.9 Å². The van der Waals surface area contributed by atoms with E-state index in [-0.39, 0.29) is 18.8 Å². The molecule has 0 saturated heterocycles.